The minimum absolute atomic E-state index is 0.0963. The normalized spacial score (nSPS) is 20.9. The van der Waals surface area contributed by atoms with Crippen LogP contribution in [0.15, 0.2) is 62.8 Å². The van der Waals surface area contributed by atoms with Gasteiger partial charge in [0.1, 0.15) is 5.82 Å². The molecule has 0 radical (unpaired) electrons. The lowest BCUT2D eigenvalue weighted by Gasteiger charge is -2.43. The summed E-state index contributed by atoms with van der Waals surface area (Å²) in [7, 11) is 0. The number of allylic oxidation sites excluding steroid dienone is 3. The van der Waals surface area contributed by atoms with Crippen LogP contribution in [0.4, 0.5) is 5.69 Å². The van der Waals surface area contributed by atoms with E-state index in [0.29, 0.717) is 29.8 Å². The molecule has 2 aromatic rings. The van der Waals surface area contributed by atoms with E-state index in [-0.39, 0.29) is 11.2 Å². The Morgan fingerprint density at radius 3 is 2.87 bits per heavy atom. The summed E-state index contributed by atoms with van der Waals surface area (Å²) in [5.41, 5.74) is 10.3. The van der Waals surface area contributed by atoms with E-state index in [1.54, 1.807) is 35.5 Å². The number of aromatic nitrogens is 1. The molecule has 2 aromatic heterocycles. The van der Waals surface area contributed by atoms with Crippen LogP contribution in [0, 0.1) is 16.7 Å². The topological polar surface area (TPSA) is 83.0 Å². The van der Waals surface area contributed by atoms with Gasteiger partial charge in [-0.1, -0.05) is 20.8 Å². The molecule has 7 heteroatoms. The van der Waals surface area contributed by atoms with Gasteiger partial charge in [-0.05, 0) is 46.7 Å². The number of thiophene rings is 1. The zero-order chi connectivity index (χ0) is 21.5. The van der Waals surface area contributed by atoms with Crippen molar-refractivity contribution in [3.05, 3.63) is 64.2 Å². The van der Waals surface area contributed by atoms with E-state index in [9.17, 15) is 10.1 Å². The van der Waals surface area contributed by atoms with E-state index >= 15 is 0 Å². The quantitative estimate of drug-likeness (QED) is 0.664. The Morgan fingerprint density at radius 1 is 1.40 bits per heavy atom. The third kappa shape index (κ3) is 3.44. The maximum Gasteiger partial charge on any atom is 0.162 e. The minimum atomic E-state index is -0.415. The van der Waals surface area contributed by atoms with Gasteiger partial charge in [0.25, 0.3) is 0 Å². The van der Waals surface area contributed by atoms with Gasteiger partial charge < -0.3 is 5.73 Å². The fraction of sp³-hybridized carbons (Fsp3) is 0.348. The van der Waals surface area contributed by atoms with Crippen molar-refractivity contribution < 1.29 is 4.79 Å². The maximum atomic E-state index is 13.5. The monoisotopic (exact) mass is 436 g/mol. The Kier molecular flexibility index (Phi) is 5.48. The standard InChI is InChI=1S/C23H24N4OS2/c1-4-29-22-15(7-9-30-22)19-16(12-24)21(25)27(14-6-5-8-26-13-14)17-10-23(2,3)11-18(28)20(17)19/h5-9,13,19H,4,10-11,25H2,1-3H3/t19-/m0/s1. The molecule has 4 rings (SSSR count). The maximum absolute atomic E-state index is 13.5. The lowest BCUT2D eigenvalue weighted by molar-refractivity contribution is -0.118. The third-order valence-electron chi connectivity index (χ3n) is 5.53. The summed E-state index contributed by atoms with van der Waals surface area (Å²) < 4.78 is 1.14. The number of carbonyl (C=O) groups is 1. The Morgan fingerprint density at radius 2 is 2.20 bits per heavy atom. The smallest absolute Gasteiger partial charge is 0.162 e. The minimum Gasteiger partial charge on any atom is -0.384 e. The molecule has 0 fully saturated rings. The number of pyridine rings is 1. The molecule has 0 aromatic carbocycles. The molecule has 0 saturated heterocycles. The van der Waals surface area contributed by atoms with Crippen LogP contribution in [0.5, 0.6) is 0 Å². The number of ketones is 1. The van der Waals surface area contributed by atoms with Crippen molar-refractivity contribution in [1.82, 2.24) is 4.98 Å². The van der Waals surface area contributed by atoms with Crippen LogP contribution in [0.3, 0.4) is 0 Å². The highest BCUT2D eigenvalue weighted by atomic mass is 32.2. The first-order valence-corrected chi connectivity index (χ1v) is 11.8. The van der Waals surface area contributed by atoms with Gasteiger partial charge in [0, 0.05) is 23.9 Å². The van der Waals surface area contributed by atoms with Gasteiger partial charge in [-0.25, -0.2) is 0 Å². The first-order chi connectivity index (χ1) is 14.4. The molecular weight excluding hydrogens is 412 g/mol. The van der Waals surface area contributed by atoms with Crippen molar-refractivity contribution in [2.24, 2.45) is 11.1 Å². The summed E-state index contributed by atoms with van der Waals surface area (Å²) in [5.74, 6) is 0.995. The van der Waals surface area contributed by atoms with Gasteiger partial charge in [-0.3, -0.25) is 14.7 Å². The van der Waals surface area contributed by atoms with E-state index in [0.717, 1.165) is 26.9 Å². The van der Waals surface area contributed by atoms with Crippen molar-refractivity contribution in [2.45, 2.75) is 43.7 Å². The van der Waals surface area contributed by atoms with E-state index in [1.165, 1.54) is 0 Å². The number of nitrogens with zero attached hydrogens (tertiary/aromatic N) is 3. The third-order valence-corrected chi connectivity index (χ3v) is 7.68. The predicted octanol–water partition coefficient (Wildman–Crippen LogP) is 5.20. The molecule has 3 heterocycles. The average molecular weight is 437 g/mol. The zero-order valence-corrected chi connectivity index (χ0v) is 18.9. The number of Topliss-reactive ketones (excluding diaryl/α,β-unsaturated/α-hetero) is 1. The Labute approximate surface area is 185 Å². The highest BCUT2D eigenvalue weighted by Crippen LogP contribution is 2.52. The average Bonchev–Trinajstić information content (AvgIpc) is 3.15. The summed E-state index contributed by atoms with van der Waals surface area (Å²) in [6.45, 7) is 6.31. The van der Waals surface area contributed by atoms with Gasteiger partial charge in [0.2, 0.25) is 0 Å². The van der Waals surface area contributed by atoms with Gasteiger partial charge in [0.05, 0.1) is 33.7 Å². The molecule has 0 saturated carbocycles. The molecule has 0 amide bonds. The lowest BCUT2D eigenvalue weighted by atomic mass is 9.69. The van der Waals surface area contributed by atoms with Crippen LogP contribution in [0.1, 0.15) is 45.1 Å². The van der Waals surface area contributed by atoms with Crippen LogP contribution in [-0.2, 0) is 4.79 Å². The number of thioether (sulfide) groups is 1. The van der Waals surface area contributed by atoms with Crippen molar-refractivity contribution in [2.75, 3.05) is 10.7 Å². The summed E-state index contributed by atoms with van der Waals surface area (Å²) >= 11 is 3.39. The molecule has 1 aliphatic carbocycles. The fourth-order valence-corrected chi connectivity index (χ4v) is 6.44. The molecule has 2 N–H and O–H groups in total. The second-order valence-corrected chi connectivity index (χ2v) is 10.7. The second kappa shape index (κ2) is 7.93. The highest BCUT2D eigenvalue weighted by molar-refractivity contribution is 8.01. The number of nitrogens with two attached hydrogens (primary N) is 1. The molecule has 2 aliphatic rings. The molecular formula is C23H24N4OS2. The number of nitriles is 1. The summed E-state index contributed by atoms with van der Waals surface area (Å²) in [6, 6.07) is 8.12. The van der Waals surface area contributed by atoms with Crippen LogP contribution < -0.4 is 10.6 Å². The van der Waals surface area contributed by atoms with Crippen LogP contribution in [0.2, 0.25) is 0 Å². The second-order valence-electron chi connectivity index (χ2n) is 8.29. The zero-order valence-electron chi connectivity index (χ0n) is 17.3. The molecule has 1 atom stereocenters. The first kappa shape index (κ1) is 20.7. The number of hydrogen-bond donors (Lipinski definition) is 1. The van der Waals surface area contributed by atoms with Crippen molar-refractivity contribution in [3.8, 4) is 6.07 Å². The van der Waals surface area contributed by atoms with Crippen molar-refractivity contribution in [3.63, 3.8) is 0 Å². The van der Waals surface area contributed by atoms with Gasteiger partial charge in [-0.2, -0.15) is 5.26 Å². The molecule has 0 unspecified atom stereocenters. The lowest BCUT2D eigenvalue weighted by Crippen LogP contribution is -2.42. The summed E-state index contributed by atoms with van der Waals surface area (Å²) in [5, 5.41) is 12.2. The molecule has 5 nitrogen and oxygen atoms in total. The van der Waals surface area contributed by atoms with Gasteiger partial charge in [0.15, 0.2) is 5.78 Å². The summed E-state index contributed by atoms with van der Waals surface area (Å²) in [6.07, 6.45) is 4.59. The largest absolute Gasteiger partial charge is 0.384 e. The fourth-order valence-electron chi connectivity index (χ4n) is 4.37. The van der Waals surface area contributed by atoms with Crippen LogP contribution in [0.25, 0.3) is 0 Å². The van der Waals surface area contributed by atoms with Crippen molar-refractivity contribution >= 4 is 34.6 Å². The molecule has 1 aliphatic heterocycles. The first-order valence-electron chi connectivity index (χ1n) is 9.94. The molecule has 0 bridgehead atoms. The Balaban J connectivity index is 1.99. The Hall–Kier alpha value is -2.56. The summed E-state index contributed by atoms with van der Waals surface area (Å²) in [4.78, 5) is 19.6. The number of rotatable bonds is 4. The van der Waals surface area contributed by atoms with Crippen LogP contribution in [-0.4, -0.2) is 16.5 Å². The van der Waals surface area contributed by atoms with E-state index in [4.69, 9.17) is 5.73 Å². The van der Waals surface area contributed by atoms with Gasteiger partial charge in [-0.15, -0.1) is 23.1 Å². The number of carbonyl (C=O) groups excluding carboxylic acids is 1. The predicted molar refractivity (Wildman–Crippen MR) is 122 cm³/mol. The number of anilines is 1. The van der Waals surface area contributed by atoms with E-state index < -0.39 is 5.92 Å². The highest BCUT2D eigenvalue weighted by Gasteiger charge is 2.45. The molecule has 154 valence electrons. The van der Waals surface area contributed by atoms with E-state index in [2.05, 4.69) is 31.8 Å². The van der Waals surface area contributed by atoms with E-state index in [1.807, 2.05) is 28.5 Å². The molecule has 30 heavy (non-hydrogen) atoms. The van der Waals surface area contributed by atoms with Crippen molar-refractivity contribution in [1.29, 1.82) is 5.26 Å². The van der Waals surface area contributed by atoms with Crippen LogP contribution >= 0.6 is 23.1 Å². The van der Waals surface area contributed by atoms with Gasteiger partial charge >= 0.3 is 0 Å². The number of hydrogen-bond acceptors (Lipinski definition) is 7. The SMILES string of the molecule is CCSc1sccc1[C@H]1C(C#N)=C(N)N(c2cccnc2)C2=C1C(=O)CC(C)(C)C2. The Bertz CT molecular complexity index is 1090. The molecule has 0 spiro atoms.